The van der Waals surface area contributed by atoms with Gasteiger partial charge in [0.25, 0.3) is 0 Å². The molecule has 1 aromatic heterocycles. The van der Waals surface area contributed by atoms with Gasteiger partial charge in [0.15, 0.2) is 0 Å². The number of carbonyl (C=O) groups is 1. The molecule has 2 aliphatic rings. The highest BCUT2D eigenvalue weighted by Gasteiger charge is 2.64. The van der Waals surface area contributed by atoms with Gasteiger partial charge in [-0.25, -0.2) is 5.43 Å². The molecule has 1 heterocycles. The molecule has 2 aliphatic carbocycles. The van der Waals surface area contributed by atoms with Crippen LogP contribution < -0.4 is 5.43 Å². The van der Waals surface area contributed by atoms with Crippen molar-refractivity contribution in [2.45, 2.75) is 32.6 Å². The average molecular weight is 347 g/mol. The fourth-order valence-electron chi connectivity index (χ4n) is 4.44. The van der Waals surface area contributed by atoms with Crippen molar-refractivity contribution >= 4 is 12.1 Å². The summed E-state index contributed by atoms with van der Waals surface area (Å²) < 4.78 is 5.73. The molecule has 0 radical (unpaired) electrons. The monoisotopic (exact) mass is 347 g/mol. The third-order valence-electron chi connectivity index (χ3n) is 5.92. The summed E-state index contributed by atoms with van der Waals surface area (Å²) in [6, 6.07) is 13.0. The number of carbonyl (C=O) groups excluding carboxylic acids is 1. The Kier molecular flexibility index (Phi) is 4.12. The first-order valence-electron chi connectivity index (χ1n) is 9.06. The van der Waals surface area contributed by atoms with E-state index in [1.807, 2.05) is 18.2 Å². The minimum Gasteiger partial charge on any atom is -0.455 e. The van der Waals surface area contributed by atoms with E-state index in [4.69, 9.17) is 4.42 Å². The van der Waals surface area contributed by atoms with Gasteiger partial charge < -0.3 is 4.42 Å². The van der Waals surface area contributed by atoms with Crippen LogP contribution in [0.2, 0.25) is 0 Å². The minimum absolute atomic E-state index is 0.0113. The molecule has 3 atom stereocenters. The first-order valence-corrected chi connectivity index (χ1v) is 9.06. The van der Waals surface area contributed by atoms with Gasteiger partial charge in [0.2, 0.25) is 5.91 Å². The predicted octanol–water partition coefficient (Wildman–Crippen LogP) is 4.09. The highest BCUT2D eigenvalue weighted by molar-refractivity contribution is 5.85. The lowest BCUT2D eigenvalue weighted by Crippen LogP contribution is -2.22. The molecule has 0 unspecified atom stereocenters. The largest absolute Gasteiger partial charge is 0.455 e. The number of fused-ring (bicyclic) bond motifs is 1. The number of amides is 1. The lowest BCUT2D eigenvalue weighted by atomic mass is 9.90. The number of furan rings is 1. The Morgan fingerprint density at radius 1 is 1.35 bits per heavy atom. The van der Waals surface area contributed by atoms with Gasteiger partial charge in [-0.1, -0.05) is 31.9 Å². The molecule has 132 valence electrons. The summed E-state index contributed by atoms with van der Waals surface area (Å²) in [6.07, 6.45) is 6.24. The predicted molar refractivity (Wildman–Crippen MR) is 98.2 cm³/mol. The van der Waals surface area contributed by atoms with Crippen LogP contribution in [0, 0.1) is 28.6 Å². The zero-order valence-electron chi connectivity index (χ0n) is 14.7. The van der Waals surface area contributed by atoms with Crippen LogP contribution in [0.3, 0.4) is 0 Å². The Morgan fingerprint density at radius 2 is 2.19 bits per heavy atom. The minimum atomic E-state index is 0.0113. The van der Waals surface area contributed by atoms with E-state index in [9.17, 15) is 10.1 Å². The maximum Gasteiger partial charge on any atom is 0.244 e. The molecule has 5 heteroatoms. The van der Waals surface area contributed by atoms with E-state index in [0.717, 1.165) is 18.4 Å². The second-order valence-corrected chi connectivity index (χ2v) is 7.43. The van der Waals surface area contributed by atoms with Crippen molar-refractivity contribution in [1.82, 2.24) is 5.43 Å². The van der Waals surface area contributed by atoms with Crippen molar-refractivity contribution in [3.05, 3.63) is 47.7 Å². The number of nitrogens with one attached hydrogen (secondary N) is 1. The first kappa shape index (κ1) is 16.6. The average Bonchev–Trinajstić information content (AvgIpc) is 3.03. The summed E-state index contributed by atoms with van der Waals surface area (Å²) in [4.78, 5) is 12.4. The topological polar surface area (TPSA) is 78.4 Å². The molecule has 0 saturated heterocycles. The molecular weight excluding hydrogens is 326 g/mol. The summed E-state index contributed by atoms with van der Waals surface area (Å²) in [6.45, 7) is 2.22. The third-order valence-corrected chi connectivity index (χ3v) is 5.92. The Labute approximate surface area is 152 Å². The number of rotatable bonds is 4. The molecule has 4 rings (SSSR count). The Hall–Kier alpha value is -2.87. The van der Waals surface area contributed by atoms with Crippen LogP contribution in [0.5, 0.6) is 0 Å². The molecule has 0 aliphatic heterocycles. The molecule has 1 amide bonds. The number of nitriles is 1. The van der Waals surface area contributed by atoms with Gasteiger partial charge in [-0.15, -0.1) is 0 Å². The van der Waals surface area contributed by atoms with Gasteiger partial charge in [0, 0.05) is 11.5 Å². The quantitative estimate of drug-likeness (QED) is 0.668. The van der Waals surface area contributed by atoms with Gasteiger partial charge in [0.1, 0.15) is 11.5 Å². The van der Waals surface area contributed by atoms with Crippen LogP contribution in [-0.4, -0.2) is 12.1 Å². The fourth-order valence-corrected chi connectivity index (χ4v) is 4.44. The molecule has 5 nitrogen and oxygen atoms in total. The molecule has 1 N–H and O–H groups in total. The van der Waals surface area contributed by atoms with E-state index in [0.29, 0.717) is 23.0 Å². The highest BCUT2D eigenvalue weighted by Crippen LogP contribution is 2.66. The second-order valence-electron chi connectivity index (χ2n) is 7.43. The van der Waals surface area contributed by atoms with Crippen molar-refractivity contribution in [3.8, 4) is 17.4 Å². The van der Waals surface area contributed by atoms with Crippen molar-refractivity contribution < 1.29 is 9.21 Å². The summed E-state index contributed by atoms with van der Waals surface area (Å²) in [5.41, 5.74) is 4.14. The van der Waals surface area contributed by atoms with E-state index in [-0.39, 0.29) is 17.2 Å². The summed E-state index contributed by atoms with van der Waals surface area (Å²) in [7, 11) is 0. The van der Waals surface area contributed by atoms with Gasteiger partial charge in [-0.3, -0.25) is 4.79 Å². The molecule has 1 aromatic carbocycles. The van der Waals surface area contributed by atoms with Crippen LogP contribution >= 0.6 is 0 Å². The van der Waals surface area contributed by atoms with Gasteiger partial charge in [-0.05, 0) is 48.4 Å². The van der Waals surface area contributed by atoms with Crippen LogP contribution in [0.25, 0.3) is 11.3 Å². The van der Waals surface area contributed by atoms with E-state index in [1.54, 1.807) is 18.2 Å². The molecule has 2 aromatic rings. The molecule has 0 bridgehead atoms. The number of hydrogen-bond donors (Lipinski definition) is 1. The Bertz CT molecular complexity index is 908. The van der Waals surface area contributed by atoms with E-state index in [1.165, 1.54) is 19.1 Å². The third kappa shape index (κ3) is 2.82. The lowest BCUT2D eigenvalue weighted by Gasteiger charge is -2.15. The van der Waals surface area contributed by atoms with E-state index >= 15 is 0 Å². The zero-order valence-corrected chi connectivity index (χ0v) is 14.7. The number of hydrazone groups is 1. The summed E-state index contributed by atoms with van der Waals surface area (Å²) in [5, 5.41) is 13.2. The Balaban J connectivity index is 1.40. The van der Waals surface area contributed by atoms with Crippen LogP contribution in [0.15, 0.2) is 45.9 Å². The second kappa shape index (κ2) is 6.45. The van der Waals surface area contributed by atoms with Crippen molar-refractivity contribution in [3.63, 3.8) is 0 Å². The van der Waals surface area contributed by atoms with Gasteiger partial charge in [-0.2, -0.15) is 10.4 Å². The zero-order chi connectivity index (χ0) is 18.1. The standard InChI is InChI=1S/C21H21N3O2/c1-21-11-5-4-8-17(21)19(21)20(25)24-23-13-15-9-10-18(26-15)16-7-3-2-6-14(16)12-22/h2-3,6-7,9-10,13,17,19H,4-5,8,11H2,1H3,(H,24,25)/b23-13-/t17-,19+,21+/m0/s1. The number of benzene rings is 1. The summed E-state index contributed by atoms with van der Waals surface area (Å²) in [5.74, 6) is 1.77. The van der Waals surface area contributed by atoms with Crippen molar-refractivity contribution in [2.24, 2.45) is 22.4 Å². The van der Waals surface area contributed by atoms with E-state index in [2.05, 4.69) is 23.5 Å². The lowest BCUT2D eigenvalue weighted by molar-refractivity contribution is -0.123. The molecular formula is C21H21N3O2. The highest BCUT2D eigenvalue weighted by atomic mass is 16.3. The SMILES string of the molecule is C[C@@]12CCCC[C@H]1[C@@H]2C(=O)N/N=C\c1ccc(-c2ccccc2C#N)o1. The normalized spacial score (nSPS) is 26.9. The number of hydrogen-bond acceptors (Lipinski definition) is 4. The molecule has 2 fully saturated rings. The fraction of sp³-hybridized carbons (Fsp3) is 0.381. The van der Waals surface area contributed by atoms with Crippen molar-refractivity contribution in [1.29, 1.82) is 5.26 Å². The molecule has 0 spiro atoms. The van der Waals surface area contributed by atoms with E-state index < -0.39 is 0 Å². The molecule has 26 heavy (non-hydrogen) atoms. The molecule has 2 saturated carbocycles. The Morgan fingerprint density at radius 3 is 2.96 bits per heavy atom. The maximum atomic E-state index is 12.4. The van der Waals surface area contributed by atoms with Gasteiger partial charge >= 0.3 is 0 Å². The smallest absolute Gasteiger partial charge is 0.244 e. The van der Waals surface area contributed by atoms with Crippen LogP contribution in [-0.2, 0) is 4.79 Å². The summed E-state index contributed by atoms with van der Waals surface area (Å²) >= 11 is 0. The first-order chi connectivity index (χ1) is 12.6. The van der Waals surface area contributed by atoms with Crippen molar-refractivity contribution in [2.75, 3.05) is 0 Å². The van der Waals surface area contributed by atoms with Crippen LogP contribution in [0.4, 0.5) is 0 Å². The maximum absolute atomic E-state index is 12.4. The number of nitrogens with zero attached hydrogens (tertiary/aromatic N) is 2. The van der Waals surface area contributed by atoms with Gasteiger partial charge in [0.05, 0.1) is 17.8 Å². The van der Waals surface area contributed by atoms with Crippen LogP contribution in [0.1, 0.15) is 43.9 Å².